The number of hydrogen-bond acceptors (Lipinski definition) is 4. The lowest BCUT2D eigenvalue weighted by molar-refractivity contribution is 0.112. The molecule has 2 aromatic rings. The highest BCUT2D eigenvalue weighted by Gasteiger charge is 1.96. The van der Waals surface area contributed by atoms with Crippen LogP contribution in [0.4, 0.5) is 0 Å². The molecular formula is C8H5N3O. The number of fused-ring (bicyclic) bond motifs is 1. The first-order valence-electron chi connectivity index (χ1n) is 3.41. The van der Waals surface area contributed by atoms with E-state index in [4.69, 9.17) is 0 Å². The number of hydrogen-bond donors (Lipinski definition) is 0. The molecular weight excluding hydrogens is 154 g/mol. The molecule has 0 bridgehead atoms. The fourth-order valence-corrected chi connectivity index (χ4v) is 0.946. The summed E-state index contributed by atoms with van der Waals surface area (Å²) < 4.78 is 0. The largest absolute Gasteiger partial charge is 0.298 e. The zero-order chi connectivity index (χ0) is 8.39. The molecule has 2 rings (SSSR count). The van der Waals surface area contributed by atoms with E-state index in [1.165, 1.54) is 12.5 Å². The predicted molar refractivity (Wildman–Crippen MR) is 42.7 cm³/mol. The van der Waals surface area contributed by atoms with Crippen molar-refractivity contribution in [2.45, 2.75) is 0 Å². The van der Waals surface area contributed by atoms with Crippen LogP contribution >= 0.6 is 0 Å². The summed E-state index contributed by atoms with van der Waals surface area (Å²) in [4.78, 5) is 22.1. The first-order valence-corrected chi connectivity index (χ1v) is 3.41. The minimum atomic E-state index is 0.529. The fraction of sp³-hybridized carbons (Fsp3) is 0. The summed E-state index contributed by atoms with van der Waals surface area (Å²) >= 11 is 0. The van der Waals surface area contributed by atoms with Gasteiger partial charge in [-0.3, -0.25) is 9.78 Å². The van der Waals surface area contributed by atoms with Crippen LogP contribution in [0.25, 0.3) is 11.0 Å². The summed E-state index contributed by atoms with van der Waals surface area (Å²) in [6, 6.07) is 1.68. The number of rotatable bonds is 1. The van der Waals surface area contributed by atoms with Crippen molar-refractivity contribution in [3.05, 3.63) is 30.4 Å². The summed E-state index contributed by atoms with van der Waals surface area (Å²) in [6.07, 6.45) is 5.28. The Hall–Kier alpha value is -1.84. The lowest BCUT2D eigenvalue weighted by atomic mass is 10.3. The van der Waals surface area contributed by atoms with Gasteiger partial charge in [-0.15, -0.1) is 0 Å². The van der Waals surface area contributed by atoms with Gasteiger partial charge in [-0.05, 0) is 6.07 Å². The van der Waals surface area contributed by atoms with Gasteiger partial charge in [0, 0.05) is 11.8 Å². The highest BCUT2D eigenvalue weighted by atomic mass is 16.1. The third-order valence-corrected chi connectivity index (χ3v) is 1.51. The second-order valence-corrected chi connectivity index (χ2v) is 2.31. The van der Waals surface area contributed by atoms with Crippen molar-refractivity contribution in [2.24, 2.45) is 0 Å². The maximum absolute atomic E-state index is 10.4. The van der Waals surface area contributed by atoms with Gasteiger partial charge in [0.1, 0.15) is 11.8 Å². The predicted octanol–water partition coefficient (Wildman–Crippen LogP) is 0.837. The molecule has 0 N–H and O–H groups in total. The van der Waals surface area contributed by atoms with Crippen molar-refractivity contribution in [2.75, 3.05) is 0 Å². The highest BCUT2D eigenvalue weighted by Crippen LogP contribution is 2.06. The van der Waals surface area contributed by atoms with Crippen molar-refractivity contribution >= 4 is 17.3 Å². The normalized spacial score (nSPS) is 10.0. The highest BCUT2D eigenvalue weighted by molar-refractivity contribution is 5.82. The Kier molecular flexibility index (Phi) is 1.51. The molecule has 0 radical (unpaired) electrons. The maximum Gasteiger partial charge on any atom is 0.151 e. The quantitative estimate of drug-likeness (QED) is 0.578. The van der Waals surface area contributed by atoms with E-state index in [0.29, 0.717) is 16.6 Å². The molecule has 4 heteroatoms. The third-order valence-electron chi connectivity index (χ3n) is 1.51. The van der Waals surface area contributed by atoms with Crippen LogP contribution in [0.2, 0.25) is 0 Å². The zero-order valence-electron chi connectivity index (χ0n) is 6.14. The van der Waals surface area contributed by atoms with E-state index in [-0.39, 0.29) is 0 Å². The lowest BCUT2D eigenvalue weighted by Crippen LogP contribution is -1.87. The van der Waals surface area contributed by atoms with E-state index in [2.05, 4.69) is 15.0 Å². The van der Waals surface area contributed by atoms with Gasteiger partial charge in [0.05, 0.1) is 11.7 Å². The molecule has 0 aliphatic rings. The molecule has 0 amide bonds. The van der Waals surface area contributed by atoms with E-state index in [1.54, 1.807) is 12.3 Å². The molecule has 0 aliphatic carbocycles. The van der Waals surface area contributed by atoms with Crippen molar-refractivity contribution in [1.82, 2.24) is 15.0 Å². The molecule has 0 saturated heterocycles. The minimum absolute atomic E-state index is 0.529. The van der Waals surface area contributed by atoms with Crippen LogP contribution in [-0.4, -0.2) is 21.2 Å². The summed E-state index contributed by atoms with van der Waals surface area (Å²) in [7, 11) is 0. The van der Waals surface area contributed by atoms with Gasteiger partial charge >= 0.3 is 0 Å². The van der Waals surface area contributed by atoms with E-state index in [1.807, 2.05) is 0 Å². The number of aromatic nitrogens is 3. The maximum atomic E-state index is 10.4. The lowest BCUT2D eigenvalue weighted by Gasteiger charge is -1.93. The first-order chi connectivity index (χ1) is 5.90. The standard InChI is InChI=1S/C8H5N3O/c12-4-6-1-7-8(10-2-6)3-9-5-11-7/h1-5H. The van der Waals surface area contributed by atoms with Crippen LogP contribution < -0.4 is 0 Å². The smallest absolute Gasteiger partial charge is 0.151 e. The van der Waals surface area contributed by atoms with Crippen LogP contribution in [0.5, 0.6) is 0 Å². The number of carbonyl (C=O) groups is 1. The number of aldehydes is 1. The molecule has 0 aromatic carbocycles. The Morgan fingerprint density at radius 2 is 2.08 bits per heavy atom. The Bertz CT molecular complexity index is 427. The van der Waals surface area contributed by atoms with Crippen molar-refractivity contribution in [3.8, 4) is 0 Å². The second-order valence-electron chi connectivity index (χ2n) is 2.31. The van der Waals surface area contributed by atoms with E-state index >= 15 is 0 Å². The molecule has 58 valence electrons. The molecule has 4 nitrogen and oxygen atoms in total. The summed E-state index contributed by atoms with van der Waals surface area (Å²) in [5, 5.41) is 0. The molecule has 0 atom stereocenters. The Balaban J connectivity index is 2.75. The van der Waals surface area contributed by atoms with Crippen molar-refractivity contribution < 1.29 is 4.79 Å². The summed E-state index contributed by atoms with van der Waals surface area (Å²) in [6.45, 7) is 0. The number of nitrogens with zero attached hydrogens (tertiary/aromatic N) is 3. The third kappa shape index (κ3) is 1.03. The van der Waals surface area contributed by atoms with Gasteiger partial charge in [0.15, 0.2) is 6.29 Å². The van der Waals surface area contributed by atoms with Gasteiger partial charge < -0.3 is 0 Å². The molecule has 0 spiro atoms. The molecule has 0 aliphatic heterocycles. The van der Waals surface area contributed by atoms with Crippen LogP contribution in [0, 0.1) is 0 Å². The topological polar surface area (TPSA) is 55.7 Å². The van der Waals surface area contributed by atoms with E-state index in [0.717, 1.165) is 6.29 Å². The van der Waals surface area contributed by atoms with Crippen LogP contribution in [0.1, 0.15) is 10.4 Å². The van der Waals surface area contributed by atoms with Crippen molar-refractivity contribution in [3.63, 3.8) is 0 Å². The molecule has 0 saturated carbocycles. The number of pyridine rings is 1. The van der Waals surface area contributed by atoms with Gasteiger partial charge in [-0.2, -0.15) is 0 Å². The average Bonchev–Trinajstić information content (AvgIpc) is 2.17. The van der Waals surface area contributed by atoms with Crippen LogP contribution in [-0.2, 0) is 0 Å². The average molecular weight is 159 g/mol. The van der Waals surface area contributed by atoms with Crippen LogP contribution in [0.15, 0.2) is 24.8 Å². The van der Waals surface area contributed by atoms with E-state index < -0.39 is 0 Å². The zero-order valence-corrected chi connectivity index (χ0v) is 6.14. The van der Waals surface area contributed by atoms with E-state index in [9.17, 15) is 4.79 Å². The molecule has 0 fully saturated rings. The van der Waals surface area contributed by atoms with Crippen LogP contribution in [0.3, 0.4) is 0 Å². The van der Waals surface area contributed by atoms with Crippen molar-refractivity contribution in [1.29, 1.82) is 0 Å². The van der Waals surface area contributed by atoms with Gasteiger partial charge in [-0.25, -0.2) is 9.97 Å². The Morgan fingerprint density at radius 1 is 1.17 bits per heavy atom. The summed E-state index contributed by atoms with van der Waals surface area (Å²) in [5.74, 6) is 0. The first kappa shape index (κ1) is 6.84. The molecule has 12 heavy (non-hydrogen) atoms. The molecule has 2 heterocycles. The molecule has 0 unspecified atom stereocenters. The second kappa shape index (κ2) is 2.65. The minimum Gasteiger partial charge on any atom is -0.298 e. The molecule has 2 aromatic heterocycles. The van der Waals surface area contributed by atoms with Gasteiger partial charge in [-0.1, -0.05) is 0 Å². The van der Waals surface area contributed by atoms with Gasteiger partial charge in [0.2, 0.25) is 0 Å². The SMILES string of the molecule is O=Cc1cnc2cncnc2c1. The number of carbonyl (C=O) groups excluding carboxylic acids is 1. The Labute approximate surface area is 68.3 Å². The summed E-state index contributed by atoms with van der Waals surface area (Å²) in [5.41, 5.74) is 1.92. The van der Waals surface area contributed by atoms with Gasteiger partial charge in [0.25, 0.3) is 0 Å². The Morgan fingerprint density at radius 3 is 2.92 bits per heavy atom. The monoisotopic (exact) mass is 159 g/mol. The fourth-order valence-electron chi connectivity index (χ4n) is 0.946.